The molecule has 0 aliphatic carbocycles. The van der Waals surface area contributed by atoms with E-state index in [2.05, 4.69) is 91.9 Å². The van der Waals surface area contributed by atoms with Crippen molar-refractivity contribution in [2.45, 2.75) is 53.5 Å². The number of hydrogen-bond donors (Lipinski definition) is 1. The molecule has 0 aliphatic heterocycles. The summed E-state index contributed by atoms with van der Waals surface area (Å²) >= 11 is 2.41. The molecule has 0 saturated carbocycles. The fraction of sp³-hybridized carbons (Fsp3) is 0.611. The molecule has 0 spiro atoms. The van der Waals surface area contributed by atoms with E-state index >= 15 is 0 Å². The van der Waals surface area contributed by atoms with Crippen LogP contribution in [0.5, 0.6) is 0 Å². The standard InChI is InChI=1S/C18H29IN2/c1-7-15(18(5,8-2)12-20-6)14(4)21-17-10-9-13(3)11-16(17)19/h9-12,14-15,21H,7-8H2,1-6H3/t14-,15+,18?/m1/s1. The van der Waals surface area contributed by atoms with Gasteiger partial charge in [-0.25, -0.2) is 0 Å². The largest absolute Gasteiger partial charge is 0.381 e. The highest BCUT2D eigenvalue weighted by atomic mass is 127. The van der Waals surface area contributed by atoms with Gasteiger partial charge in [-0.15, -0.1) is 0 Å². The second kappa shape index (κ2) is 8.16. The Hall–Kier alpha value is -0.580. The van der Waals surface area contributed by atoms with E-state index in [1.165, 1.54) is 14.8 Å². The molecule has 0 aromatic heterocycles. The number of nitrogens with zero attached hydrogens (tertiary/aromatic N) is 1. The van der Waals surface area contributed by atoms with Crippen LogP contribution in [0.1, 0.15) is 46.1 Å². The predicted octanol–water partition coefficient (Wildman–Crippen LogP) is 5.54. The average molecular weight is 400 g/mol. The van der Waals surface area contributed by atoms with Crippen molar-refractivity contribution in [3.8, 4) is 0 Å². The molecule has 0 aliphatic rings. The van der Waals surface area contributed by atoms with Gasteiger partial charge in [0.1, 0.15) is 0 Å². The number of aryl methyl sites for hydroxylation is 1. The van der Waals surface area contributed by atoms with Crippen LogP contribution in [0.2, 0.25) is 0 Å². The Balaban J connectivity index is 2.95. The maximum atomic E-state index is 4.31. The molecule has 0 fully saturated rings. The molecular formula is C18H29IN2. The van der Waals surface area contributed by atoms with Gasteiger partial charge in [-0.3, -0.25) is 0 Å². The van der Waals surface area contributed by atoms with Gasteiger partial charge in [0, 0.05) is 34.0 Å². The van der Waals surface area contributed by atoms with Crippen molar-refractivity contribution in [2.24, 2.45) is 16.3 Å². The van der Waals surface area contributed by atoms with E-state index in [9.17, 15) is 0 Å². The summed E-state index contributed by atoms with van der Waals surface area (Å²) in [6.07, 6.45) is 4.40. The molecule has 1 N–H and O–H groups in total. The second-order valence-electron chi connectivity index (χ2n) is 6.18. The van der Waals surface area contributed by atoms with E-state index < -0.39 is 0 Å². The summed E-state index contributed by atoms with van der Waals surface area (Å²) in [7, 11) is 1.88. The van der Waals surface area contributed by atoms with Gasteiger partial charge in [0.05, 0.1) is 0 Å². The SMILES string of the molecule is CC[C@@H]([C@@H](C)Nc1ccc(C)cc1I)C(C)(C=NC)CC. The average Bonchev–Trinajstić information content (AvgIpc) is 2.43. The van der Waals surface area contributed by atoms with Crippen LogP contribution in [0.25, 0.3) is 0 Å². The van der Waals surface area contributed by atoms with Gasteiger partial charge in [0.2, 0.25) is 0 Å². The zero-order valence-corrected chi connectivity index (χ0v) is 16.4. The molecule has 0 amide bonds. The number of nitrogens with one attached hydrogen (secondary N) is 1. The summed E-state index contributed by atoms with van der Waals surface area (Å²) in [5, 5.41) is 3.72. The van der Waals surface area contributed by atoms with E-state index in [4.69, 9.17) is 0 Å². The summed E-state index contributed by atoms with van der Waals surface area (Å²) in [6, 6.07) is 7.00. The Morgan fingerprint density at radius 2 is 2.05 bits per heavy atom. The summed E-state index contributed by atoms with van der Waals surface area (Å²) in [6.45, 7) is 11.3. The third-order valence-electron chi connectivity index (χ3n) is 4.58. The Bertz CT molecular complexity index is 484. The Kier molecular flexibility index (Phi) is 7.17. The smallest absolute Gasteiger partial charge is 0.0478 e. The quantitative estimate of drug-likeness (QED) is 0.472. The number of anilines is 1. The van der Waals surface area contributed by atoms with Crippen LogP contribution in [0.4, 0.5) is 5.69 Å². The van der Waals surface area contributed by atoms with E-state index in [1.807, 2.05) is 7.05 Å². The van der Waals surface area contributed by atoms with E-state index in [1.54, 1.807) is 0 Å². The summed E-state index contributed by atoms with van der Waals surface area (Å²) in [5.74, 6) is 0.559. The molecule has 3 heteroatoms. The highest BCUT2D eigenvalue weighted by molar-refractivity contribution is 14.1. The number of rotatable bonds is 7. The van der Waals surface area contributed by atoms with Gasteiger partial charge in [-0.2, -0.15) is 0 Å². The van der Waals surface area contributed by atoms with E-state index in [-0.39, 0.29) is 5.41 Å². The fourth-order valence-corrected chi connectivity index (χ4v) is 4.04. The molecule has 1 aromatic carbocycles. The van der Waals surface area contributed by atoms with Gasteiger partial charge in [0.25, 0.3) is 0 Å². The van der Waals surface area contributed by atoms with Gasteiger partial charge in [0.15, 0.2) is 0 Å². The molecule has 1 aromatic rings. The Morgan fingerprint density at radius 3 is 2.52 bits per heavy atom. The van der Waals surface area contributed by atoms with Crippen molar-refractivity contribution in [3.63, 3.8) is 0 Å². The summed E-state index contributed by atoms with van der Waals surface area (Å²) in [5.41, 5.74) is 2.69. The minimum Gasteiger partial charge on any atom is -0.381 e. The van der Waals surface area contributed by atoms with Crippen molar-refractivity contribution in [3.05, 3.63) is 27.3 Å². The third kappa shape index (κ3) is 4.70. The zero-order chi connectivity index (χ0) is 16.0. The summed E-state index contributed by atoms with van der Waals surface area (Å²) in [4.78, 5) is 4.31. The molecule has 0 saturated heterocycles. The third-order valence-corrected chi connectivity index (χ3v) is 5.48. The molecule has 3 atom stereocenters. The molecule has 0 heterocycles. The fourth-order valence-electron chi connectivity index (χ4n) is 3.22. The molecule has 0 radical (unpaired) electrons. The van der Waals surface area contributed by atoms with Crippen molar-refractivity contribution in [1.82, 2.24) is 0 Å². The lowest BCUT2D eigenvalue weighted by atomic mass is 9.71. The lowest BCUT2D eigenvalue weighted by Crippen LogP contribution is -2.39. The molecule has 2 nitrogen and oxygen atoms in total. The Morgan fingerprint density at radius 1 is 1.38 bits per heavy atom. The maximum Gasteiger partial charge on any atom is 0.0478 e. The summed E-state index contributed by atoms with van der Waals surface area (Å²) < 4.78 is 1.29. The highest BCUT2D eigenvalue weighted by Gasteiger charge is 2.33. The Labute approximate surface area is 144 Å². The first-order valence-corrected chi connectivity index (χ1v) is 8.91. The van der Waals surface area contributed by atoms with E-state index in [0.717, 1.165) is 12.8 Å². The van der Waals surface area contributed by atoms with Crippen LogP contribution >= 0.6 is 22.6 Å². The topological polar surface area (TPSA) is 24.4 Å². The first-order valence-electron chi connectivity index (χ1n) is 7.84. The lowest BCUT2D eigenvalue weighted by molar-refractivity contribution is 0.245. The highest BCUT2D eigenvalue weighted by Crippen LogP contribution is 2.36. The monoisotopic (exact) mass is 400 g/mol. The van der Waals surface area contributed by atoms with Gasteiger partial charge < -0.3 is 10.3 Å². The first kappa shape index (κ1) is 18.5. The number of benzene rings is 1. The van der Waals surface area contributed by atoms with Crippen molar-refractivity contribution < 1.29 is 0 Å². The lowest BCUT2D eigenvalue weighted by Gasteiger charge is -2.38. The number of hydrogen-bond acceptors (Lipinski definition) is 2. The normalized spacial score (nSPS) is 17.5. The van der Waals surface area contributed by atoms with Crippen LogP contribution < -0.4 is 5.32 Å². The molecular weight excluding hydrogens is 371 g/mol. The first-order chi connectivity index (χ1) is 9.87. The van der Waals surface area contributed by atoms with Crippen LogP contribution in [0, 0.1) is 21.8 Å². The van der Waals surface area contributed by atoms with E-state index in [0.29, 0.717) is 12.0 Å². The number of aliphatic imine (C=N–C) groups is 1. The van der Waals surface area contributed by atoms with Crippen LogP contribution in [0.15, 0.2) is 23.2 Å². The van der Waals surface area contributed by atoms with Crippen molar-refractivity contribution in [2.75, 3.05) is 12.4 Å². The molecule has 1 rings (SSSR count). The molecule has 0 bridgehead atoms. The molecule has 1 unspecified atom stereocenters. The van der Waals surface area contributed by atoms with Crippen LogP contribution in [-0.4, -0.2) is 19.3 Å². The van der Waals surface area contributed by atoms with Gasteiger partial charge in [-0.1, -0.05) is 33.3 Å². The van der Waals surface area contributed by atoms with Crippen molar-refractivity contribution in [1.29, 1.82) is 0 Å². The predicted molar refractivity (Wildman–Crippen MR) is 104 cm³/mol. The number of halogens is 1. The van der Waals surface area contributed by atoms with Gasteiger partial charge >= 0.3 is 0 Å². The molecule has 118 valence electrons. The van der Waals surface area contributed by atoms with Crippen LogP contribution in [0.3, 0.4) is 0 Å². The van der Waals surface area contributed by atoms with Gasteiger partial charge in [-0.05, 0) is 66.5 Å². The minimum absolute atomic E-state index is 0.145. The molecule has 21 heavy (non-hydrogen) atoms. The van der Waals surface area contributed by atoms with Crippen molar-refractivity contribution >= 4 is 34.5 Å². The zero-order valence-electron chi connectivity index (χ0n) is 14.2. The van der Waals surface area contributed by atoms with Crippen LogP contribution in [-0.2, 0) is 0 Å². The second-order valence-corrected chi connectivity index (χ2v) is 7.34. The maximum absolute atomic E-state index is 4.31. The minimum atomic E-state index is 0.145.